The van der Waals surface area contributed by atoms with E-state index in [1.54, 1.807) is 13.2 Å². The number of amides is 1. The minimum absolute atomic E-state index is 0.0599. The summed E-state index contributed by atoms with van der Waals surface area (Å²) < 4.78 is 7.08. The Morgan fingerprint density at radius 1 is 1.00 bits per heavy atom. The summed E-state index contributed by atoms with van der Waals surface area (Å²) in [4.78, 5) is 22.5. The third-order valence-electron chi connectivity index (χ3n) is 7.18. The number of hydrogen-bond donors (Lipinski definition) is 2. The zero-order valence-corrected chi connectivity index (χ0v) is 21.4. The van der Waals surface area contributed by atoms with E-state index in [0.29, 0.717) is 22.3 Å². The second-order valence-electron chi connectivity index (χ2n) is 9.88. The summed E-state index contributed by atoms with van der Waals surface area (Å²) in [5, 5.41) is 13.1. The number of carbonyl (C=O) groups is 1. The Kier molecular flexibility index (Phi) is 6.42. The molecular formula is C28H29ClN6O2. The van der Waals surface area contributed by atoms with Gasteiger partial charge in [-0.15, -0.1) is 0 Å². The normalized spacial score (nSPS) is 19.5. The Labute approximate surface area is 220 Å². The van der Waals surface area contributed by atoms with Crippen LogP contribution in [-0.2, 0) is 0 Å². The average Bonchev–Trinajstić information content (AvgIpc) is 3.68. The van der Waals surface area contributed by atoms with Crippen molar-refractivity contribution in [3.05, 3.63) is 71.1 Å². The lowest BCUT2D eigenvalue weighted by molar-refractivity contribution is 0.0926. The van der Waals surface area contributed by atoms with Crippen molar-refractivity contribution in [2.75, 3.05) is 12.4 Å². The number of halogens is 1. The molecule has 2 aromatic carbocycles. The Morgan fingerprint density at radius 3 is 2.54 bits per heavy atom. The van der Waals surface area contributed by atoms with Crippen LogP contribution in [-0.4, -0.2) is 44.8 Å². The molecular weight excluding hydrogens is 488 g/mol. The first kappa shape index (κ1) is 23.7. The van der Waals surface area contributed by atoms with E-state index in [9.17, 15) is 4.79 Å². The number of ether oxygens (including phenoxy) is 1. The molecule has 0 radical (unpaired) electrons. The van der Waals surface area contributed by atoms with Gasteiger partial charge in [-0.1, -0.05) is 23.7 Å². The van der Waals surface area contributed by atoms with E-state index < -0.39 is 0 Å². The lowest BCUT2D eigenvalue weighted by Gasteiger charge is -2.30. The zero-order chi connectivity index (χ0) is 25.4. The van der Waals surface area contributed by atoms with Crippen molar-refractivity contribution in [1.29, 1.82) is 0 Å². The molecule has 2 aliphatic carbocycles. The number of carbonyl (C=O) groups excluding carboxylic acids is 1. The van der Waals surface area contributed by atoms with Crippen LogP contribution < -0.4 is 15.4 Å². The van der Waals surface area contributed by atoms with E-state index >= 15 is 0 Å². The highest BCUT2D eigenvalue weighted by Gasteiger charge is 2.30. The van der Waals surface area contributed by atoms with Crippen LogP contribution in [0.15, 0.2) is 54.7 Å². The minimum Gasteiger partial charge on any atom is -0.497 e. The van der Waals surface area contributed by atoms with Gasteiger partial charge in [-0.3, -0.25) is 4.79 Å². The molecule has 6 rings (SSSR count). The van der Waals surface area contributed by atoms with Crippen LogP contribution in [0, 0.1) is 0 Å². The SMILES string of the molecule is COc1cccc(C(=O)NC2CCC(Nc3nc(C4CC4)nc4c3cnn4-c3cccc(Cl)c3)CC2)c1. The first-order valence-corrected chi connectivity index (χ1v) is 13.2. The van der Waals surface area contributed by atoms with Gasteiger partial charge in [0.15, 0.2) is 5.65 Å². The Hall–Kier alpha value is -3.65. The molecule has 2 aliphatic rings. The van der Waals surface area contributed by atoms with Gasteiger partial charge in [-0.2, -0.15) is 5.10 Å². The predicted molar refractivity (Wildman–Crippen MR) is 144 cm³/mol. The van der Waals surface area contributed by atoms with Crippen LogP contribution in [0.5, 0.6) is 5.75 Å². The molecule has 8 nitrogen and oxygen atoms in total. The molecule has 2 fully saturated rings. The molecule has 2 aromatic heterocycles. The molecule has 0 atom stereocenters. The number of hydrogen-bond acceptors (Lipinski definition) is 6. The fourth-order valence-electron chi connectivity index (χ4n) is 4.96. The third-order valence-corrected chi connectivity index (χ3v) is 7.41. The van der Waals surface area contributed by atoms with E-state index in [4.69, 9.17) is 26.3 Å². The van der Waals surface area contributed by atoms with Gasteiger partial charge in [0, 0.05) is 28.6 Å². The third kappa shape index (κ3) is 5.11. The maximum absolute atomic E-state index is 12.7. The molecule has 0 aliphatic heterocycles. The molecule has 2 saturated carbocycles. The first-order chi connectivity index (χ1) is 18.1. The van der Waals surface area contributed by atoms with Gasteiger partial charge in [0.05, 0.1) is 24.4 Å². The first-order valence-electron chi connectivity index (χ1n) is 12.8. The van der Waals surface area contributed by atoms with E-state index in [-0.39, 0.29) is 18.0 Å². The van der Waals surface area contributed by atoms with E-state index in [1.807, 2.05) is 53.3 Å². The summed E-state index contributed by atoms with van der Waals surface area (Å²) in [7, 11) is 1.60. The van der Waals surface area contributed by atoms with E-state index in [1.165, 1.54) is 0 Å². The van der Waals surface area contributed by atoms with Crippen LogP contribution in [0.4, 0.5) is 5.82 Å². The summed E-state index contributed by atoms with van der Waals surface area (Å²) in [6.07, 6.45) is 7.75. The van der Waals surface area contributed by atoms with Gasteiger partial charge >= 0.3 is 0 Å². The number of nitrogens with zero attached hydrogens (tertiary/aromatic N) is 4. The van der Waals surface area contributed by atoms with Gasteiger partial charge in [-0.25, -0.2) is 14.6 Å². The number of aromatic nitrogens is 4. The fourth-order valence-corrected chi connectivity index (χ4v) is 5.15. The highest BCUT2D eigenvalue weighted by atomic mass is 35.5. The van der Waals surface area contributed by atoms with Gasteiger partial charge in [0.2, 0.25) is 0 Å². The van der Waals surface area contributed by atoms with Crippen LogP contribution in [0.1, 0.15) is 60.6 Å². The number of anilines is 1. The van der Waals surface area contributed by atoms with Gasteiger partial charge < -0.3 is 15.4 Å². The molecule has 2 heterocycles. The Morgan fingerprint density at radius 2 is 1.78 bits per heavy atom. The molecule has 1 amide bonds. The largest absolute Gasteiger partial charge is 0.497 e. The second-order valence-corrected chi connectivity index (χ2v) is 10.3. The minimum atomic E-state index is -0.0599. The molecule has 0 spiro atoms. The van der Waals surface area contributed by atoms with Crippen molar-refractivity contribution in [2.24, 2.45) is 0 Å². The van der Waals surface area contributed by atoms with E-state index in [2.05, 4.69) is 15.7 Å². The summed E-state index contributed by atoms with van der Waals surface area (Å²) in [5.41, 5.74) is 2.29. The van der Waals surface area contributed by atoms with Crippen LogP contribution >= 0.6 is 11.6 Å². The smallest absolute Gasteiger partial charge is 0.251 e. The maximum atomic E-state index is 12.7. The highest BCUT2D eigenvalue weighted by Crippen LogP contribution is 2.40. The van der Waals surface area contributed by atoms with Crippen molar-refractivity contribution in [1.82, 2.24) is 25.1 Å². The predicted octanol–water partition coefficient (Wildman–Crippen LogP) is 5.51. The molecule has 190 valence electrons. The van der Waals surface area contributed by atoms with Crippen molar-refractivity contribution >= 4 is 34.4 Å². The van der Waals surface area contributed by atoms with Gasteiger partial charge in [0.25, 0.3) is 5.91 Å². The maximum Gasteiger partial charge on any atom is 0.251 e. The number of benzene rings is 2. The Bertz CT molecular complexity index is 1440. The number of rotatable bonds is 7. The number of nitrogens with one attached hydrogen (secondary N) is 2. The molecule has 0 unspecified atom stereocenters. The molecule has 37 heavy (non-hydrogen) atoms. The molecule has 4 aromatic rings. The molecule has 0 bridgehead atoms. The van der Waals surface area contributed by atoms with E-state index in [0.717, 1.165) is 66.9 Å². The topological polar surface area (TPSA) is 94.0 Å². The van der Waals surface area contributed by atoms with Crippen molar-refractivity contribution in [2.45, 2.75) is 56.5 Å². The summed E-state index contributed by atoms with van der Waals surface area (Å²) in [6.45, 7) is 0. The van der Waals surface area contributed by atoms with Crippen LogP contribution in [0.2, 0.25) is 5.02 Å². The lowest BCUT2D eigenvalue weighted by Crippen LogP contribution is -2.40. The standard InChI is InChI=1S/C28H29ClN6O2/c1-37-23-7-2-4-18(14-23)28(36)32-21-12-10-20(11-13-21)31-26-24-16-30-35(22-6-3-5-19(29)15-22)27(24)34-25(33-26)17-8-9-17/h2-7,14-17,20-21H,8-13H2,1H3,(H,32,36)(H,31,33,34). The quantitative estimate of drug-likeness (QED) is 0.336. The van der Waals surface area contributed by atoms with Crippen molar-refractivity contribution in [3.8, 4) is 11.4 Å². The zero-order valence-electron chi connectivity index (χ0n) is 20.7. The number of fused-ring (bicyclic) bond motifs is 1. The molecule has 2 N–H and O–H groups in total. The molecule has 0 saturated heterocycles. The average molecular weight is 517 g/mol. The fraction of sp³-hybridized carbons (Fsp3) is 0.357. The second kappa shape index (κ2) is 10.0. The van der Waals surface area contributed by atoms with Crippen LogP contribution in [0.3, 0.4) is 0 Å². The van der Waals surface area contributed by atoms with Gasteiger partial charge in [-0.05, 0) is 74.9 Å². The summed E-state index contributed by atoms with van der Waals surface area (Å²) in [5.74, 6) is 2.74. The van der Waals surface area contributed by atoms with Gasteiger partial charge in [0.1, 0.15) is 17.4 Å². The van der Waals surface area contributed by atoms with Crippen molar-refractivity contribution in [3.63, 3.8) is 0 Å². The Balaban J connectivity index is 1.16. The summed E-state index contributed by atoms with van der Waals surface area (Å²) >= 11 is 6.24. The monoisotopic (exact) mass is 516 g/mol. The summed E-state index contributed by atoms with van der Waals surface area (Å²) in [6, 6.07) is 15.3. The van der Waals surface area contributed by atoms with Crippen LogP contribution in [0.25, 0.3) is 16.7 Å². The highest BCUT2D eigenvalue weighted by molar-refractivity contribution is 6.30. The lowest BCUT2D eigenvalue weighted by atomic mass is 9.91. The van der Waals surface area contributed by atoms with Crippen molar-refractivity contribution < 1.29 is 9.53 Å². The molecule has 9 heteroatoms. The number of methoxy groups -OCH3 is 1.